The van der Waals surface area contributed by atoms with Gasteiger partial charge in [-0.25, -0.2) is 4.57 Å². The Kier molecular flexibility index (Phi) is 53.5. The largest absolute Gasteiger partial charge is 0.472 e. The van der Waals surface area contributed by atoms with Crippen LogP contribution >= 0.6 is 7.82 Å². The molecule has 0 aromatic heterocycles. The van der Waals surface area contributed by atoms with Crippen LogP contribution < -0.4 is 5.32 Å². The summed E-state index contributed by atoms with van der Waals surface area (Å²) < 4.78 is 23.7. The summed E-state index contributed by atoms with van der Waals surface area (Å²) in [5, 5.41) is 13.9. The zero-order valence-corrected chi connectivity index (χ0v) is 49.6. The molecule has 0 fully saturated rings. The maximum Gasteiger partial charge on any atom is 0.472 e. The average molecular weight is 1040 g/mol. The monoisotopic (exact) mass is 1040 g/mol. The van der Waals surface area contributed by atoms with Gasteiger partial charge in [-0.05, 0) is 57.8 Å². The third-order valence-corrected chi connectivity index (χ3v) is 15.3. The molecule has 0 aliphatic carbocycles. The van der Waals surface area contributed by atoms with Crippen LogP contribution in [0.5, 0.6) is 0 Å². The Hall–Kier alpha value is -1.28. The van der Waals surface area contributed by atoms with Crippen LogP contribution in [0.1, 0.15) is 309 Å². The zero-order valence-electron chi connectivity index (χ0n) is 48.7. The van der Waals surface area contributed by atoms with E-state index in [4.69, 9.17) is 9.05 Å². The van der Waals surface area contributed by atoms with Gasteiger partial charge < -0.3 is 19.8 Å². The van der Waals surface area contributed by atoms with Gasteiger partial charge in [0.1, 0.15) is 13.2 Å². The van der Waals surface area contributed by atoms with Crippen LogP contribution in [0.4, 0.5) is 0 Å². The second-order valence-electron chi connectivity index (χ2n) is 22.8. The number of quaternary nitrogens is 1. The Morgan fingerprint density at radius 2 is 0.764 bits per heavy atom. The van der Waals surface area contributed by atoms with Crippen LogP contribution in [0.3, 0.4) is 0 Å². The van der Waals surface area contributed by atoms with Gasteiger partial charge in [0.05, 0.1) is 39.9 Å². The molecule has 0 spiro atoms. The fourth-order valence-corrected chi connectivity index (χ4v) is 10.1. The molecule has 0 rings (SSSR count). The van der Waals surface area contributed by atoms with Crippen molar-refractivity contribution >= 4 is 13.7 Å². The van der Waals surface area contributed by atoms with Gasteiger partial charge >= 0.3 is 7.82 Å². The highest BCUT2D eigenvalue weighted by Crippen LogP contribution is 2.43. The lowest BCUT2D eigenvalue weighted by atomic mass is 10.0. The van der Waals surface area contributed by atoms with E-state index in [1.807, 2.05) is 27.2 Å². The quantitative estimate of drug-likeness (QED) is 0.0243. The molecule has 0 aromatic carbocycles. The summed E-state index contributed by atoms with van der Waals surface area (Å²) in [6.45, 7) is 4.84. The molecule has 0 saturated carbocycles. The van der Waals surface area contributed by atoms with Gasteiger partial charge in [-0.3, -0.25) is 13.8 Å². The van der Waals surface area contributed by atoms with Crippen molar-refractivity contribution in [2.75, 3.05) is 40.9 Å². The number of unbranched alkanes of at least 4 members (excludes halogenated alkanes) is 41. The minimum Gasteiger partial charge on any atom is -0.387 e. The first kappa shape index (κ1) is 70.7. The van der Waals surface area contributed by atoms with Gasteiger partial charge in [0, 0.05) is 6.42 Å². The molecule has 3 N–H and O–H groups in total. The summed E-state index contributed by atoms with van der Waals surface area (Å²) in [7, 11) is 1.56. The number of nitrogens with zero attached hydrogens (tertiary/aromatic N) is 1. The fraction of sp³-hybridized carbons (Fsp3) is 0.889. The van der Waals surface area contributed by atoms with Crippen molar-refractivity contribution in [2.24, 2.45) is 0 Å². The van der Waals surface area contributed by atoms with E-state index >= 15 is 0 Å². The van der Waals surface area contributed by atoms with Gasteiger partial charge in [-0.1, -0.05) is 281 Å². The standard InChI is InChI=1S/C63H123N2O6P/c1-6-8-10-12-14-16-18-20-22-24-26-28-30-31-32-33-35-37-39-41-43-45-47-49-51-53-55-57-63(67)64-61(60-71-72(68,69)70-59-58-65(3,4)5)62(66)56-54-52-50-48-46-44-42-40-38-36-34-29-27-25-23-21-19-17-15-13-11-9-7-2/h31-32,46,48,54,56,61-62,66H,6-30,33-45,47,49-53,55,57-60H2,1-5H3,(H-,64,67,68,69)/p+1/b32-31-,48-46+,56-54+. The molecule has 3 atom stereocenters. The Morgan fingerprint density at radius 1 is 0.458 bits per heavy atom. The van der Waals surface area contributed by atoms with Crippen LogP contribution in [-0.2, 0) is 18.4 Å². The molecule has 72 heavy (non-hydrogen) atoms. The predicted octanol–water partition coefficient (Wildman–Crippen LogP) is 19.3. The maximum absolute atomic E-state index is 13.0. The minimum absolute atomic E-state index is 0.0570. The number of allylic oxidation sites excluding steroid dienone is 5. The van der Waals surface area contributed by atoms with Crippen molar-refractivity contribution in [3.63, 3.8) is 0 Å². The van der Waals surface area contributed by atoms with Crippen LogP contribution in [0.15, 0.2) is 36.5 Å². The lowest BCUT2D eigenvalue weighted by Crippen LogP contribution is -2.45. The Bertz CT molecular complexity index is 1270. The molecule has 9 heteroatoms. The lowest BCUT2D eigenvalue weighted by molar-refractivity contribution is -0.870. The molecular formula is C63H124N2O6P+. The normalized spacial score (nSPS) is 14.0. The van der Waals surface area contributed by atoms with E-state index < -0.39 is 20.0 Å². The van der Waals surface area contributed by atoms with Crippen molar-refractivity contribution in [1.82, 2.24) is 5.32 Å². The topological polar surface area (TPSA) is 105 Å². The minimum atomic E-state index is -4.36. The third-order valence-electron chi connectivity index (χ3n) is 14.3. The highest BCUT2D eigenvalue weighted by atomic mass is 31.2. The molecule has 0 heterocycles. The number of carbonyl (C=O) groups excluding carboxylic acids is 1. The van der Waals surface area contributed by atoms with Crippen molar-refractivity contribution in [1.29, 1.82) is 0 Å². The molecule has 426 valence electrons. The van der Waals surface area contributed by atoms with Crippen molar-refractivity contribution < 1.29 is 32.9 Å². The Morgan fingerprint density at radius 3 is 1.11 bits per heavy atom. The third kappa shape index (κ3) is 56.4. The second-order valence-corrected chi connectivity index (χ2v) is 24.2. The molecule has 3 unspecified atom stereocenters. The number of hydrogen-bond acceptors (Lipinski definition) is 5. The summed E-state index contributed by atoms with van der Waals surface area (Å²) in [5.41, 5.74) is 0. The highest BCUT2D eigenvalue weighted by Gasteiger charge is 2.27. The van der Waals surface area contributed by atoms with Gasteiger partial charge in [-0.2, -0.15) is 0 Å². The fourth-order valence-electron chi connectivity index (χ4n) is 9.41. The highest BCUT2D eigenvalue weighted by molar-refractivity contribution is 7.47. The number of carbonyl (C=O) groups is 1. The zero-order chi connectivity index (χ0) is 52.7. The summed E-state index contributed by atoms with van der Waals surface area (Å²) in [6.07, 6.45) is 71.2. The van der Waals surface area contributed by atoms with Crippen LogP contribution in [-0.4, -0.2) is 73.4 Å². The predicted molar refractivity (Wildman–Crippen MR) is 314 cm³/mol. The molecule has 0 aliphatic heterocycles. The first-order valence-electron chi connectivity index (χ1n) is 31.4. The number of hydrogen-bond donors (Lipinski definition) is 3. The molecular weight excluding hydrogens is 912 g/mol. The van der Waals surface area contributed by atoms with Crippen LogP contribution in [0, 0.1) is 0 Å². The number of aliphatic hydroxyl groups excluding tert-OH is 1. The Balaban J connectivity index is 4.17. The molecule has 0 bridgehead atoms. The smallest absolute Gasteiger partial charge is 0.387 e. The Labute approximate surface area is 448 Å². The second kappa shape index (κ2) is 54.5. The number of amides is 1. The molecule has 0 aromatic rings. The van der Waals surface area contributed by atoms with Gasteiger partial charge in [-0.15, -0.1) is 0 Å². The molecule has 8 nitrogen and oxygen atoms in total. The summed E-state index contributed by atoms with van der Waals surface area (Å²) in [4.78, 5) is 23.3. The van der Waals surface area contributed by atoms with Crippen molar-refractivity contribution in [3.05, 3.63) is 36.5 Å². The molecule has 0 radical (unpaired) electrons. The SMILES string of the molecule is CCCCCCCCCCCCCC/C=C\CCCCCCCCCCCCCC(=O)NC(COP(=O)(O)OCC[N+](C)(C)C)C(O)/C=C/CC/C=C/CCCCCCCCCCCCCCCCCCC. The number of rotatable bonds is 58. The number of nitrogens with one attached hydrogen (secondary N) is 1. The van der Waals surface area contributed by atoms with Crippen molar-refractivity contribution in [2.45, 2.75) is 321 Å². The van der Waals surface area contributed by atoms with Gasteiger partial charge in [0.2, 0.25) is 5.91 Å². The summed E-state index contributed by atoms with van der Waals surface area (Å²) in [6, 6.07) is -0.864. The van der Waals surface area contributed by atoms with E-state index in [-0.39, 0.29) is 19.1 Å². The van der Waals surface area contributed by atoms with E-state index in [9.17, 15) is 19.4 Å². The van der Waals surface area contributed by atoms with E-state index in [2.05, 4.69) is 43.5 Å². The number of likely N-dealkylation sites (N-methyl/N-ethyl adjacent to an activating group) is 1. The maximum atomic E-state index is 13.0. The van der Waals surface area contributed by atoms with E-state index in [0.29, 0.717) is 17.4 Å². The first-order valence-corrected chi connectivity index (χ1v) is 32.9. The summed E-state index contributed by atoms with van der Waals surface area (Å²) in [5.74, 6) is -0.183. The van der Waals surface area contributed by atoms with Gasteiger partial charge in [0.15, 0.2) is 0 Å². The van der Waals surface area contributed by atoms with Gasteiger partial charge in [0.25, 0.3) is 0 Å². The molecule has 1 amide bonds. The first-order chi connectivity index (χ1) is 35.0. The summed E-state index contributed by atoms with van der Waals surface area (Å²) >= 11 is 0. The number of phosphoric ester groups is 1. The van der Waals surface area contributed by atoms with Crippen molar-refractivity contribution in [3.8, 4) is 0 Å². The van der Waals surface area contributed by atoms with E-state index in [1.165, 1.54) is 250 Å². The number of phosphoric acid groups is 1. The molecule has 0 saturated heterocycles. The molecule has 0 aliphatic rings. The van der Waals surface area contributed by atoms with E-state index in [1.54, 1.807) is 6.08 Å². The van der Waals surface area contributed by atoms with E-state index in [0.717, 1.165) is 38.5 Å². The lowest BCUT2D eigenvalue weighted by Gasteiger charge is -2.25. The van der Waals surface area contributed by atoms with Crippen LogP contribution in [0.2, 0.25) is 0 Å². The number of aliphatic hydroxyl groups is 1. The van der Waals surface area contributed by atoms with Crippen LogP contribution in [0.25, 0.3) is 0 Å². The average Bonchev–Trinajstić information content (AvgIpc) is 3.34.